The summed E-state index contributed by atoms with van der Waals surface area (Å²) in [5, 5.41) is 23.0. The van der Waals surface area contributed by atoms with E-state index in [2.05, 4.69) is 43.5 Å². The second kappa shape index (κ2) is 47.8. The first-order valence-corrected chi connectivity index (χ1v) is 25.3. The molecule has 340 valence electrons. The molecule has 0 heterocycles. The number of unbranched alkanes of at least 4 members (excludes halogenated alkanes) is 31. The summed E-state index contributed by atoms with van der Waals surface area (Å²) in [7, 11) is 0. The van der Waals surface area contributed by atoms with Gasteiger partial charge in [-0.25, -0.2) is 0 Å². The monoisotopic (exact) mass is 816 g/mol. The third-order valence-electron chi connectivity index (χ3n) is 11.4. The van der Waals surface area contributed by atoms with E-state index >= 15 is 0 Å². The lowest BCUT2D eigenvalue weighted by Gasteiger charge is -2.20. The van der Waals surface area contributed by atoms with E-state index in [1.165, 1.54) is 154 Å². The minimum Gasteiger partial charge on any atom is -0.466 e. The number of carbonyl (C=O) groups excluding carboxylic acids is 2. The Balaban J connectivity index is 3.56. The first-order valence-electron chi connectivity index (χ1n) is 25.3. The van der Waals surface area contributed by atoms with Crippen LogP contribution in [0.2, 0.25) is 0 Å². The van der Waals surface area contributed by atoms with Gasteiger partial charge in [0.15, 0.2) is 0 Å². The maximum Gasteiger partial charge on any atom is 0.305 e. The van der Waals surface area contributed by atoms with Crippen molar-refractivity contribution in [2.45, 2.75) is 270 Å². The number of hydrogen-bond donors (Lipinski definition) is 3. The molecule has 6 nitrogen and oxygen atoms in total. The molecule has 0 radical (unpaired) electrons. The van der Waals surface area contributed by atoms with Crippen molar-refractivity contribution < 1.29 is 24.5 Å². The van der Waals surface area contributed by atoms with E-state index in [1.54, 1.807) is 6.08 Å². The molecule has 0 aromatic heterocycles. The summed E-state index contributed by atoms with van der Waals surface area (Å²) >= 11 is 0. The van der Waals surface area contributed by atoms with Gasteiger partial charge in [-0.1, -0.05) is 198 Å². The minimum absolute atomic E-state index is 0.0425. The van der Waals surface area contributed by atoms with Gasteiger partial charge < -0.3 is 20.3 Å². The van der Waals surface area contributed by atoms with Crippen molar-refractivity contribution in [3.8, 4) is 0 Å². The standard InChI is InChI=1S/C52H97NO5/c1-3-5-7-9-11-13-15-17-19-20-21-23-25-30-34-38-42-46-52(57)58-47-43-39-35-31-27-26-29-33-37-41-45-51(56)53-49(48-54)50(55)44-40-36-32-28-24-22-18-16-14-12-10-8-6-4-2/h17,19,27,31,40,44,49-50,54-55H,3-16,18,20-26,28-30,32-39,41-43,45-48H2,1-2H3,(H,53,56)/b19-17-,31-27-,44-40+. The van der Waals surface area contributed by atoms with E-state index in [1.807, 2.05) is 6.08 Å². The highest BCUT2D eigenvalue weighted by Gasteiger charge is 2.18. The van der Waals surface area contributed by atoms with Crippen LogP contribution in [0.4, 0.5) is 0 Å². The molecule has 0 spiro atoms. The lowest BCUT2D eigenvalue weighted by molar-refractivity contribution is -0.143. The second-order valence-electron chi connectivity index (χ2n) is 17.1. The van der Waals surface area contributed by atoms with Crippen LogP contribution in [0.25, 0.3) is 0 Å². The van der Waals surface area contributed by atoms with E-state index in [9.17, 15) is 19.8 Å². The van der Waals surface area contributed by atoms with E-state index < -0.39 is 12.1 Å². The lowest BCUT2D eigenvalue weighted by atomic mass is 10.0. The van der Waals surface area contributed by atoms with Crippen molar-refractivity contribution >= 4 is 11.9 Å². The smallest absolute Gasteiger partial charge is 0.305 e. The number of rotatable bonds is 46. The summed E-state index contributed by atoms with van der Waals surface area (Å²) < 4.78 is 5.43. The van der Waals surface area contributed by atoms with Gasteiger partial charge >= 0.3 is 5.97 Å². The molecule has 1 amide bonds. The summed E-state index contributed by atoms with van der Waals surface area (Å²) in [5.74, 6) is -0.147. The van der Waals surface area contributed by atoms with E-state index in [0.29, 0.717) is 19.4 Å². The summed E-state index contributed by atoms with van der Waals surface area (Å²) in [6, 6.07) is -0.653. The fourth-order valence-corrected chi connectivity index (χ4v) is 7.44. The predicted molar refractivity (Wildman–Crippen MR) is 250 cm³/mol. The number of esters is 1. The third kappa shape index (κ3) is 43.7. The molecule has 0 aromatic carbocycles. The van der Waals surface area contributed by atoms with Crippen molar-refractivity contribution in [1.82, 2.24) is 5.32 Å². The topological polar surface area (TPSA) is 95.9 Å². The maximum atomic E-state index is 12.4. The van der Waals surface area contributed by atoms with Crippen LogP contribution in [0, 0.1) is 0 Å². The van der Waals surface area contributed by atoms with Crippen LogP contribution in [0.1, 0.15) is 258 Å². The first-order chi connectivity index (χ1) is 28.5. The molecule has 2 atom stereocenters. The van der Waals surface area contributed by atoms with Crippen molar-refractivity contribution in [3.05, 3.63) is 36.5 Å². The molecule has 0 saturated carbocycles. The van der Waals surface area contributed by atoms with Crippen molar-refractivity contribution in [2.24, 2.45) is 0 Å². The zero-order valence-corrected chi connectivity index (χ0v) is 38.5. The highest BCUT2D eigenvalue weighted by atomic mass is 16.5. The summed E-state index contributed by atoms with van der Waals surface area (Å²) in [6.45, 7) is 4.80. The number of aliphatic hydroxyl groups excluding tert-OH is 2. The highest BCUT2D eigenvalue weighted by molar-refractivity contribution is 5.76. The first kappa shape index (κ1) is 56.1. The Hall–Kier alpha value is -1.92. The number of hydrogen-bond acceptors (Lipinski definition) is 5. The van der Waals surface area contributed by atoms with E-state index in [4.69, 9.17) is 4.74 Å². The summed E-state index contributed by atoms with van der Waals surface area (Å²) in [6.07, 6.45) is 57.1. The van der Waals surface area contributed by atoms with Gasteiger partial charge in [-0.2, -0.15) is 0 Å². The summed E-state index contributed by atoms with van der Waals surface area (Å²) in [4.78, 5) is 24.4. The maximum absolute atomic E-state index is 12.4. The molecule has 0 aliphatic heterocycles. The lowest BCUT2D eigenvalue weighted by Crippen LogP contribution is -2.45. The predicted octanol–water partition coefficient (Wildman–Crippen LogP) is 14.9. The molecule has 0 bridgehead atoms. The third-order valence-corrected chi connectivity index (χ3v) is 11.4. The van der Waals surface area contributed by atoms with Gasteiger partial charge in [0, 0.05) is 12.8 Å². The average Bonchev–Trinajstić information content (AvgIpc) is 3.22. The van der Waals surface area contributed by atoms with Crippen LogP contribution in [0.3, 0.4) is 0 Å². The number of ether oxygens (including phenoxy) is 1. The molecule has 2 unspecified atom stereocenters. The molecule has 0 saturated heterocycles. The summed E-state index contributed by atoms with van der Waals surface area (Å²) in [5.41, 5.74) is 0. The quantitative estimate of drug-likeness (QED) is 0.0323. The Morgan fingerprint density at radius 1 is 0.466 bits per heavy atom. The van der Waals surface area contributed by atoms with Gasteiger partial charge in [-0.15, -0.1) is 0 Å². The fraction of sp³-hybridized carbons (Fsp3) is 0.846. The van der Waals surface area contributed by atoms with Crippen LogP contribution in [0.5, 0.6) is 0 Å². The van der Waals surface area contributed by atoms with Gasteiger partial charge in [-0.3, -0.25) is 9.59 Å². The van der Waals surface area contributed by atoms with Gasteiger partial charge in [0.2, 0.25) is 5.91 Å². The number of nitrogens with one attached hydrogen (secondary N) is 1. The van der Waals surface area contributed by atoms with Crippen LogP contribution < -0.4 is 5.32 Å². The molecule has 58 heavy (non-hydrogen) atoms. The Morgan fingerprint density at radius 3 is 1.22 bits per heavy atom. The number of amides is 1. The normalized spacial score (nSPS) is 13.0. The Labute approximate surface area is 360 Å². The molecule has 6 heteroatoms. The van der Waals surface area contributed by atoms with Crippen LogP contribution in [-0.4, -0.2) is 47.4 Å². The van der Waals surface area contributed by atoms with Crippen LogP contribution >= 0.6 is 0 Å². The Kier molecular flexibility index (Phi) is 46.2. The second-order valence-corrected chi connectivity index (χ2v) is 17.1. The molecule has 0 aliphatic rings. The SMILES string of the molecule is CCCCCCCC/C=C\CCCCCCCCCC(=O)OCCCC/C=C\CCCCCCC(=O)NC(CO)C(O)/C=C/CCCCCCCCCCCCCC. The van der Waals surface area contributed by atoms with Crippen molar-refractivity contribution in [3.63, 3.8) is 0 Å². The number of aliphatic hydroxyl groups is 2. The van der Waals surface area contributed by atoms with Gasteiger partial charge in [0.1, 0.15) is 0 Å². The fourth-order valence-electron chi connectivity index (χ4n) is 7.44. The van der Waals surface area contributed by atoms with Gasteiger partial charge in [0.25, 0.3) is 0 Å². The van der Waals surface area contributed by atoms with Gasteiger partial charge in [0.05, 0.1) is 25.4 Å². The molecular formula is C52H97NO5. The number of carbonyl (C=O) groups is 2. The number of allylic oxidation sites excluding steroid dienone is 5. The average molecular weight is 816 g/mol. The van der Waals surface area contributed by atoms with Crippen molar-refractivity contribution in [2.75, 3.05) is 13.2 Å². The van der Waals surface area contributed by atoms with Crippen molar-refractivity contribution in [1.29, 1.82) is 0 Å². The van der Waals surface area contributed by atoms with Gasteiger partial charge in [-0.05, 0) is 83.5 Å². The molecular weight excluding hydrogens is 719 g/mol. The Morgan fingerprint density at radius 2 is 0.810 bits per heavy atom. The Bertz CT molecular complexity index is 946. The molecule has 0 aliphatic carbocycles. The molecule has 3 N–H and O–H groups in total. The molecule has 0 fully saturated rings. The van der Waals surface area contributed by atoms with E-state index in [0.717, 1.165) is 77.0 Å². The molecule has 0 aromatic rings. The zero-order chi connectivity index (χ0) is 42.3. The van der Waals surface area contributed by atoms with E-state index in [-0.39, 0.29) is 18.5 Å². The molecule has 0 rings (SSSR count). The minimum atomic E-state index is -0.866. The van der Waals surface area contributed by atoms with Crippen LogP contribution in [-0.2, 0) is 14.3 Å². The largest absolute Gasteiger partial charge is 0.466 e. The van der Waals surface area contributed by atoms with Crippen LogP contribution in [0.15, 0.2) is 36.5 Å². The highest BCUT2D eigenvalue weighted by Crippen LogP contribution is 2.14. The zero-order valence-electron chi connectivity index (χ0n) is 38.5.